The van der Waals surface area contributed by atoms with Gasteiger partial charge in [-0.3, -0.25) is 14.4 Å². The van der Waals surface area contributed by atoms with Crippen LogP contribution in [-0.4, -0.2) is 48.6 Å². The van der Waals surface area contributed by atoms with Crippen molar-refractivity contribution in [1.82, 2.24) is 16.0 Å². The van der Waals surface area contributed by atoms with Crippen LogP contribution >= 0.6 is 0 Å². The van der Waals surface area contributed by atoms with Crippen LogP contribution in [0, 0.1) is 11.8 Å². The van der Waals surface area contributed by atoms with E-state index in [0.717, 1.165) is 18.4 Å². The molecule has 1 aliphatic carbocycles. The van der Waals surface area contributed by atoms with Gasteiger partial charge in [-0.05, 0) is 37.2 Å². The fraction of sp³-hybridized carbons (Fsp3) is 0.538. The van der Waals surface area contributed by atoms with Gasteiger partial charge in [0.1, 0.15) is 12.6 Å². The number of amides is 3. The topological polar surface area (TPSA) is 123 Å². The number of esters is 1. The molecule has 1 saturated carbocycles. The van der Waals surface area contributed by atoms with Gasteiger partial charge in [0, 0.05) is 18.5 Å². The molecule has 1 aromatic rings. The molecule has 0 spiro atoms. The summed E-state index contributed by atoms with van der Waals surface area (Å²) >= 11 is 0. The van der Waals surface area contributed by atoms with E-state index < -0.39 is 12.1 Å². The van der Waals surface area contributed by atoms with E-state index in [1.807, 2.05) is 44.2 Å². The number of alkyl carbamates (subject to hydrolysis) is 1. The SMILES string of the molecule is C=C[C@H](C[C@@H]1C[C@@H]1NC(=O)COC(=O)C[C@@H](C)CC)NC(=O)[C@H](C)NC(=O)OCc1ccccc1. The highest BCUT2D eigenvalue weighted by Gasteiger charge is 2.39. The molecule has 5 atom stereocenters. The Hall–Kier alpha value is -3.36. The summed E-state index contributed by atoms with van der Waals surface area (Å²) in [6, 6.07) is 8.12. The summed E-state index contributed by atoms with van der Waals surface area (Å²) in [5, 5.41) is 8.21. The second-order valence-electron chi connectivity index (χ2n) is 9.06. The fourth-order valence-electron chi connectivity index (χ4n) is 3.42. The highest BCUT2D eigenvalue weighted by Crippen LogP contribution is 2.34. The normalized spacial score (nSPS) is 18.8. The molecule has 3 N–H and O–H groups in total. The average Bonchev–Trinajstić information content (AvgIpc) is 3.57. The molecule has 0 bridgehead atoms. The molecule has 0 saturated heterocycles. The first kappa shape index (κ1) is 27.9. The molecule has 0 heterocycles. The Bertz CT molecular complexity index is 875. The summed E-state index contributed by atoms with van der Waals surface area (Å²) < 4.78 is 10.2. The summed E-state index contributed by atoms with van der Waals surface area (Å²) in [6.07, 6.45) is 3.49. The number of ether oxygens (including phenoxy) is 2. The standard InChI is InChI=1S/C26H37N3O6/c1-5-17(3)12-24(31)34-16-23(30)29-22-14-20(22)13-21(6-2)28-25(32)18(4)27-26(33)35-15-19-10-8-7-9-11-19/h6-11,17-18,20-22H,2,5,12-16H2,1,3-4H3,(H,27,33)(H,28,32)(H,29,30)/t17-,18-,20+,21+,22-/m0/s1. The predicted molar refractivity (Wildman–Crippen MR) is 131 cm³/mol. The second kappa shape index (κ2) is 14.1. The van der Waals surface area contributed by atoms with Crippen molar-refractivity contribution >= 4 is 23.9 Å². The minimum absolute atomic E-state index is 0.0290. The smallest absolute Gasteiger partial charge is 0.408 e. The third kappa shape index (κ3) is 10.6. The maximum atomic E-state index is 12.5. The quantitative estimate of drug-likeness (QED) is 0.274. The van der Waals surface area contributed by atoms with Gasteiger partial charge in [-0.1, -0.05) is 56.7 Å². The van der Waals surface area contributed by atoms with Gasteiger partial charge in [0.05, 0.1) is 0 Å². The molecule has 1 aromatic carbocycles. The molecular formula is C26H37N3O6. The lowest BCUT2D eigenvalue weighted by Gasteiger charge is -2.19. The fourth-order valence-corrected chi connectivity index (χ4v) is 3.42. The van der Waals surface area contributed by atoms with Gasteiger partial charge in [0.25, 0.3) is 5.91 Å². The molecule has 9 heteroatoms. The lowest BCUT2D eigenvalue weighted by atomic mass is 10.1. The molecule has 3 amide bonds. The highest BCUT2D eigenvalue weighted by molar-refractivity contribution is 5.85. The molecule has 1 aliphatic rings. The van der Waals surface area contributed by atoms with Crippen LogP contribution in [0.3, 0.4) is 0 Å². The van der Waals surface area contributed by atoms with E-state index >= 15 is 0 Å². The van der Waals surface area contributed by atoms with E-state index in [4.69, 9.17) is 9.47 Å². The number of carbonyl (C=O) groups excluding carboxylic acids is 4. The molecule has 0 aromatic heterocycles. The van der Waals surface area contributed by atoms with Gasteiger partial charge < -0.3 is 25.4 Å². The first-order valence-corrected chi connectivity index (χ1v) is 12.1. The van der Waals surface area contributed by atoms with Crippen LogP contribution in [0.4, 0.5) is 4.79 Å². The predicted octanol–water partition coefficient (Wildman–Crippen LogP) is 2.85. The Labute approximate surface area is 207 Å². The minimum atomic E-state index is -0.791. The maximum Gasteiger partial charge on any atom is 0.408 e. The van der Waals surface area contributed by atoms with Crippen molar-refractivity contribution in [3.63, 3.8) is 0 Å². The van der Waals surface area contributed by atoms with E-state index in [2.05, 4.69) is 22.5 Å². The van der Waals surface area contributed by atoms with Crippen molar-refractivity contribution in [2.24, 2.45) is 11.8 Å². The first-order valence-electron chi connectivity index (χ1n) is 12.1. The van der Waals surface area contributed by atoms with E-state index in [0.29, 0.717) is 12.8 Å². The van der Waals surface area contributed by atoms with Gasteiger partial charge in [-0.25, -0.2) is 4.79 Å². The molecule has 0 unspecified atom stereocenters. The summed E-state index contributed by atoms with van der Waals surface area (Å²) in [4.78, 5) is 48.2. The summed E-state index contributed by atoms with van der Waals surface area (Å²) in [5.74, 6) is -0.663. The summed E-state index contributed by atoms with van der Waals surface area (Å²) in [7, 11) is 0. The number of hydrogen-bond acceptors (Lipinski definition) is 6. The number of rotatable bonds is 14. The van der Waals surface area contributed by atoms with Crippen molar-refractivity contribution in [1.29, 1.82) is 0 Å². The van der Waals surface area contributed by atoms with Crippen LogP contribution in [-0.2, 0) is 30.5 Å². The van der Waals surface area contributed by atoms with Crippen LogP contribution in [0.15, 0.2) is 43.0 Å². The van der Waals surface area contributed by atoms with Gasteiger partial charge in [-0.2, -0.15) is 0 Å². The van der Waals surface area contributed by atoms with E-state index in [-0.39, 0.29) is 54.9 Å². The molecule has 192 valence electrons. The molecule has 35 heavy (non-hydrogen) atoms. The largest absolute Gasteiger partial charge is 0.456 e. The molecule has 0 radical (unpaired) electrons. The zero-order valence-electron chi connectivity index (χ0n) is 20.8. The Morgan fingerprint density at radius 1 is 1.11 bits per heavy atom. The van der Waals surface area contributed by atoms with Crippen molar-refractivity contribution < 1.29 is 28.7 Å². The first-order chi connectivity index (χ1) is 16.7. The number of carbonyl (C=O) groups is 4. The number of benzene rings is 1. The van der Waals surface area contributed by atoms with E-state index in [1.54, 1.807) is 13.0 Å². The van der Waals surface area contributed by atoms with E-state index in [1.165, 1.54) is 0 Å². The minimum Gasteiger partial charge on any atom is -0.456 e. The van der Waals surface area contributed by atoms with Gasteiger partial charge in [0.15, 0.2) is 6.61 Å². The zero-order valence-corrected chi connectivity index (χ0v) is 20.8. The summed E-state index contributed by atoms with van der Waals surface area (Å²) in [5.41, 5.74) is 0.849. The van der Waals surface area contributed by atoms with Crippen molar-refractivity contribution in [3.05, 3.63) is 48.6 Å². The lowest BCUT2D eigenvalue weighted by molar-refractivity contribution is -0.149. The molecule has 2 rings (SSSR count). The van der Waals surface area contributed by atoms with E-state index in [9.17, 15) is 19.2 Å². The van der Waals surface area contributed by atoms with Crippen LogP contribution < -0.4 is 16.0 Å². The highest BCUT2D eigenvalue weighted by atomic mass is 16.5. The Balaban J connectivity index is 1.65. The zero-order chi connectivity index (χ0) is 25.8. The Morgan fingerprint density at radius 2 is 1.83 bits per heavy atom. The number of hydrogen-bond donors (Lipinski definition) is 3. The summed E-state index contributed by atoms with van der Waals surface area (Å²) in [6.45, 7) is 9.12. The van der Waals surface area contributed by atoms with Gasteiger partial charge in [0.2, 0.25) is 5.91 Å². The van der Waals surface area contributed by atoms with Crippen molar-refractivity contribution in [2.45, 2.75) is 71.2 Å². The third-order valence-corrected chi connectivity index (χ3v) is 5.95. The van der Waals surface area contributed by atoms with Crippen molar-refractivity contribution in [3.8, 4) is 0 Å². The molecule has 1 fully saturated rings. The van der Waals surface area contributed by atoms with Crippen LogP contribution in [0.1, 0.15) is 52.0 Å². The monoisotopic (exact) mass is 487 g/mol. The lowest BCUT2D eigenvalue weighted by Crippen LogP contribution is -2.48. The average molecular weight is 488 g/mol. The Morgan fingerprint density at radius 3 is 2.49 bits per heavy atom. The molecular weight excluding hydrogens is 450 g/mol. The second-order valence-corrected chi connectivity index (χ2v) is 9.06. The third-order valence-electron chi connectivity index (χ3n) is 5.95. The van der Waals surface area contributed by atoms with Crippen LogP contribution in [0.5, 0.6) is 0 Å². The van der Waals surface area contributed by atoms with Crippen molar-refractivity contribution in [2.75, 3.05) is 6.61 Å². The van der Waals surface area contributed by atoms with Gasteiger partial charge in [-0.15, -0.1) is 6.58 Å². The van der Waals surface area contributed by atoms with Crippen LogP contribution in [0.25, 0.3) is 0 Å². The molecule has 0 aliphatic heterocycles. The van der Waals surface area contributed by atoms with Crippen LogP contribution in [0.2, 0.25) is 0 Å². The number of nitrogens with one attached hydrogen (secondary N) is 3. The molecule has 9 nitrogen and oxygen atoms in total. The van der Waals surface area contributed by atoms with Gasteiger partial charge >= 0.3 is 12.1 Å². The Kier molecular flexibility index (Phi) is 11.3. The maximum absolute atomic E-state index is 12.5.